The Morgan fingerprint density at radius 3 is 3.38 bits per heavy atom. The average Bonchev–Trinajstić information content (AvgIpc) is 2.15. The first-order valence-electron chi connectivity index (χ1n) is 2.32. The summed E-state index contributed by atoms with van der Waals surface area (Å²) in [5, 5.41) is 0. The van der Waals surface area contributed by atoms with Gasteiger partial charge in [0.25, 0.3) is 0 Å². The number of rotatable bonds is 0. The molecule has 0 unspecified atom stereocenters. The van der Waals surface area contributed by atoms with Crippen molar-refractivity contribution in [1.82, 2.24) is 4.57 Å². The summed E-state index contributed by atoms with van der Waals surface area (Å²) in [5.74, 6) is 0. The van der Waals surface area contributed by atoms with Crippen LogP contribution in [-0.4, -0.2) is 4.57 Å². The van der Waals surface area contributed by atoms with Crippen LogP contribution in [0.15, 0.2) is 6.20 Å². The summed E-state index contributed by atoms with van der Waals surface area (Å²) in [6.45, 7) is 0. The predicted molar refractivity (Wildman–Crippen MR) is 28.5 cm³/mol. The van der Waals surface area contributed by atoms with Crippen molar-refractivity contribution in [2.75, 3.05) is 0 Å². The molecule has 1 nitrogen and oxygen atoms in total. The maximum Gasteiger partial charge on any atom is 0.0714 e. The Morgan fingerprint density at radius 2 is 2.50 bits per heavy atom. The highest BCUT2D eigenvalue weighted by molar-refractivity contribution is 5.39. The molecular formula is C7H2N. The molecule has 0 aromatic carbocycles. The third kappa shape index (κ3) is 0.360. The molecule has 1 aliphatic rings. The molecule has 0 saturated carbocycles. The van der Waals surface area contributed by atoms with E-state index in [0.717, 1.165) is 5.69 Å². The van der Waals surface area contributed by atoms with E-state index in [4.69, 9.17) is 0 Å². The molecule has 0 bridgehead atoms. The van der Waals surface area contributed by atoms with E-state index in [2.05, 4.69) is 24.6 Å². The Balaban J connectivity index is 2.67. The Morgan fingerprint density at radius 1 is 1.50 bits per heavy atom. The molecule has 1 aliphatic heterocycles. The minimum Gasteiger partial charge on any atom is -0.325 e. The molecule has 0 aliphatic carbocycles. The first-order valence-corrected chi connectivity index (χ1v) is 2.32. The quantitative estimate of drug-likeness (QED) is 0.454. The lowest BCUT2D eigenvalue weighted by molar-refractivity contribution is 1.15. The van der Waals surface area contributed by atoms with E-state index in [-0.39, 0.29) is 0 Å². The Kier molecular flexibility index (Phi) is 0.618. The monoisotopic (exact) mass is 100 g/mol. The molecule has 8 heavy (non-hydrogen) atoms. The highest BCUT2D eigenvalue weighted by atomic mass is 15.0. The zero-order valence-corrected chi connectivity index (χ0v) is 4.10. The Labute approximate surface area is 48.2 Å². The van der Waals surface area contributed by atoms with E-state index >= 15 is 0 Å². The zero-order chi connectivity index (χ0) is 5.40. The lowest BCUT2D eigenvalue weighted by atomic mass is 10.3. The van der Waals surface area contributed by atoms with Crippen LogP contribution in [0.1, 0.15) is 5.69 Å². The molecule has 0 saturated heterocycles. The van der Waals surface area contributed by atoms with Crippen LogP contribution in [0.25, 0.3) is 6.20 Å². The Hall–Kier alpha value is -0.980. The second-order valence-electron chi connectivity index (χ2n) is 1.55. The fourth-order valence-electron chi connectivity index (χ4n) is 0.667. The van der Waals surface area contributed by atoms with Crippen molar-refractivity contribution in [2.45, 2.75) is 0 Å². The molecule has 0 fully saturated rings. The van der Waals surface area contributed by atoms with Gasteiger partial charge in [0.05, 0.1) is 6.42 Å². The van der Waals surface area contributed by atoms with Crippen LogP contribution in [0.4, 0.5) is 0 Å². The molecule has 0 spiro atoms. The van der Waals surface area contributed by atoms with Crippen LogP contribution >= 0.6 is 0 Å². The van der Waals surface area contributed by atoms with Gasteiger partial charge in [-0.05, 0) is 6.08 Å². The van der Waals surface area contributed by atoms with Crippen molar-refractivity contribution in [1.29, 1.82) is 0 Å². The number of nitrogens with zero attached hydrogens (tertiary/aromatic N) is 1. The number of hydrogen-bond donors (Lipinski definition) is 0. The van der Waals surface area contributed by atoms with Gasteiger partial charge in [0.15, 0.2) is 0 Å². The third-order valence-electron chi connectivity index (χ3n) is 1.05. The molecule has 0 amide bonds. The minimum absolute atomic E-state index is 0.907. The predicted octanol–water partition coefficient (Wildman–Crippen LogP) is 0.805. The molecule has 0 N–H and O–H groups in total. The number of aromatic nitrogens is 1. The van der Waals surface area contributed by atoms with E-state index < -0.39 is 0 Å². The van der Waals surface area contributed by atoms with Gasteiger partial charge in [0.1, 0.15) is 0 Å². The summed E-state index contributed by atoms with van der Waals surface area (Å²) < 4.78 is 1.86. The van der Waals surface area contributed by atoms with Crippen molar-refractivity contribution in [3.05, 3.63) is 36.5 Å². The highest BCUT2D eigenvalue weighted by Crippen LogP contribution is 2.10. The van der Waals surface area contributed by atoms with Crippen molar-refractivity contribution in [2.24, 2.45) is 0 Å². The smallest absolute Gasteiger partial charge is 0.0714 e. The molecule has 1 heteroatoms. The van der Waals surface area contributed by atoms with E-state index in [0.29, 0.717) is 0 Å². The van der Waals surface area contributed by atoms with Crippen LogP contribution in [0.2, 0.25) is 0 Å². The molecule has 0 atom stereocenters. The van der Waals surface area contributed by atoms with Gasteiger partial charge in [-0.3, -0.25) is 0 Å². The fraction of sp³-hybridized carbons (Fsp3) is 0. The van der Waals surface area contributed by atoms with E-state index in [9.17, 15) is 0 Å². The van der Waals surface area contributed by atoms with Gasteiger partial charge < -0.3 is 4.57 Å². The highest BCUT2D eigenvalue weighted by Gasteiger charge is 2.02. The molecule has 5 radical (unpaired) electrons. The van der Waals surface area contributed by atoms with Crippen LogP contribution in [0.5, 0.6) is 0 Å². The lowest BCUT2D eigenvalue weighted by Crippen LogP contribution is -1.80. The number of hydrogen-bond acceptors (Lipinski definition) is 0. The zero-order valence-electron chi connectivity index (χ0n) is 4.10. The molecule has 2 heterocycles. The van der Waals surface area contributed by atoms with Gasteiger partial charge in [-0.25, -0.2) is 0 Å². The first kappa shape index (κ1) is 3.96. The summed E-state index contributed by atoms with van der Waals surface area (Å²) in [6.07, 6.45) is 9.24. The van der Waals surface area contributed by atoms with Gasteiger partial charge in [0, 0.05) is 30.2 Å². The summed E-state index contributed by atoms with van der Waals surface area (Å²) in [4.78, 5) is 0. The standard InChI is InChI=1S/C7H2N/c1-3-7-4-2-6-8(7)5-1/h5-6H. The SMILES string of the molecule is [C]1[C]=Cn2c[c][c]c21. The van der Waals surface area contributed by atoms with Crippen molar-refractivity contribution >= 4 is 6.20 Å². The first-order chi connectivity index (χ1) is 3.97. The van der Waals surface area contributed by atoms with Gasteiger partial charge in [0.2, 0.25) is 0 Å². The average molecular weight is 100 g/mol. The lowest BCUT2D eigenvalue weighted by Gasteiger charge is -1.86. The van der Waals surface area contributed by atoms with Gasteiger partial charge in [-0.2, -0.15) is 0 Å². The van der Waals surface area contributed by atoms with Gasteiger partial charge >= 0.3 is 0 Å². The van der Waals surface area contributed by atoms with Gasteiger partial charge in [-0.1, -0.05) is 0 Å². The van der Waals surface area contributed by atoms with E-state index in [1.807, 2.05) is 4.57 Å². The molecule has 35 valence electrons. The third-order valence-corrected chi connectivity index (χ3v) is 1.05. The largest absolute Gasteiger partial charge is 0.325 e. The van der Waals surface area contributed by atoms with Gasteiger partial charge in [-0.15, -0.1) is 0 Å². The van der Waals surface area contributed by atoms with Crippen LogP contribution in [0.3, 0.4) is 0 Å². The second-order valence-corrected chi connectivity index (χ2v) is 1.55. The second kappa shape index (κ2) is 1.25. The fourth-order valence-corrected chi connectivity index (χ4v) is 0.667. The van der Waals surface area contributed by atoms with Crippen LogP contribution < -0.4 is 0 Å². The summed E-state index contributed by atoms with van der Waals surface area (Å²) in [6, 6.07) is 5.66. The molecule has 1 aromatic heterocycles. The minimum atomic E-state index is 0.907. The van der Waals surface area contributed by atoms with Crippen LogP contribution in [0, 0.1) is 24.6 Å². The maximum atomic E-state index is 2.85. The summed E-state index contributed by atoms with van der Waals surface area (Å²) >= 11 is 0. The van der Waals surface area contributed by atoms with E-state index in [1.54, 1.807) is 12.4 Å². The normalized spacial score (nSPS) is 14.5. The summed E-state index contributed by atoms with van der Waals surface area (Å²) in [7, 11) is 0. The van der Waals surface area contributed by atoms with Crippen molar-refractivity contribution in [3.8, 4) is 0 Å². The number of allylic oxidation sites excluding steroid dienone is 1. The summed E-state index contributed by atoms with van der Waals surface area (Å²) in [5.41, 5.74) is 0.907. The maximum absolute atomic E-state index is 2.85. The van der Waals surface area contributed by atoms with E-state index in [1.165, 1.54) is 0 Å². The van der Waals surface area contributed by atoms with Crippen molar-refractivity contribution < 1.29 is 0 Å². The van der Waals surface area contributed by atoms with Crippen LogP contribution in [-0.2, 0) is 0 Å². The molecule has 2 rings (SSSR count). The van der Waals surface area contributed by atoms with Crippen molar-refractivity contribution in [3.63, 3.8) is 0 Å². The molecular weight excluding hydrogens is 98.1 g/mol. The Bertz CT molecular complexity index is 220. The molecule has 1 aromatic rings. The topological polar surface area (TPSA) is 4.93 Å². The number of fused-ring (bicyclic) bond motifs is 1.